The van der Waals surface area contributed by atoms with E-state index in [9.17, 15) is 9.18 Å². The first-order valence-corrected chi connectivity index (χ1v) is 6.06. The van der Waals surface area contributed by atoms with Crippen LogP contribution in [0, 0.1) is 5.82 Å². The second-order valence-corrected chi connectivity index (χ2v) is 4.94. The molecule has 1 rings (SSSR count). The third-order valence-electron chi connectivity index (χ3n) is 3.13. The van der Waals surface area contributed by atoms with Crippen LogP contribution >= 0.6 is 0 Å². The molecule has 100 valence electrons. The summed E-state index contributed by atoms with van der Waals surface area (Å²) in [6, 6.07) is 6.43. The number of benzene rings is 1. The topological polar surface area (TPSA) is 32.3 Å². The van der Waals surface area contributed by atoms with Gasteiger partial charge in [0.05, 0.1) is 5.41 Å². The van der Waals surface area contributed by atoms with Gasteiger partial charge < -0.3 is 10.2 Å². The molecule has 0 saturated heterocycles. The van der Waals surface area contributed by atoms with Crippen molar-refractivity contribution >= 4 is 5.91 Å². The average molecular weight is 252 g/mol. The van der Waals surface area contributed by atoms with Crippen molar-refractivity contribution in [2.45, 2.75) is 19.3 Å². The van der Waals surface area contributed by atoms with Crippen molar-refractivity contribution in [1.82, 2.24) is 10.2 Å². The molecule has 0 radical (unpaired) electrons. The van der Waals surface area contributed by atoms with Crippen LogP contribution in [0.5, 0.6) is 0 Å². The molecule has 4 heteroatoms. The molecule has 0 atom stereocenters. The highest BCUT2D eigenvalue weighted by Crippen LogP contribution is 2.27. The Morgan fingerprint density at radius 2 is 2.00 bits per heavy atom. The first-order chi connectivity index (χ1) is 8.41. The van der Waals surface area contributed by atoms with Crippen LogP contribution in [0.15, 0.2) is 24.3 Å². The molecule has 0 saturated carbocycles. The number of halogens is 1. The number of hydrogen-bond acceptors (Lipinski definition) is 2. The summed E-state index contributed by atoms with van der Waals surface area (Å²) in [4.78, 5) is 14.0. The highest BCUT2D eigenvalue weighted by atomic mass is 19.1. The fourth-order valence-electron chi connectivity index (χ4n) is 1.94. The number of amides is 1. The maximum absolute atomic E-state index is 13.8. The van der Waals surface area contributed by atoms with Gasteiger partial charge in [0.1, 0.15) is 5.82 Å². The van der Waals surface area contributed by atoms with Crippen LogP contribution in [-0.2, 0) is 10.2 Å². The average Bonchev–Trinajstić information content (AvgIpc) is 2.35. The van der Waals surface area contributed by atoms with E-state index in [0.717, 1.165) is 6.54 Å². The van der Waals surface area contributed by atoms with Gasteiger partial charge in [-0.3, -0.25) is 4.79 Å². The second-order valence-electron chi connectivity index (χ2n) is 4.94. The third kappa shape index (κ3) is 3.07. The highest BCUT2D eigenvalue weighted by Gasteiger charge is 2.34. The lowest BCUT2D eigenvalue weighted by Gasteiger charge is -2.30. The van der Waals surface area contributed by atoms with Crippen molar-refractivity contribution in [1.29, 1.82) is 0 Å². The van der Waals surface area contributed by atoms with E-state index in [2.05, 4.69) is 5.32 Å². The summed E-state index contributed by atoms with van der Waals surface area (Å²) in [5.41, 5.74) is -0.417. The van der Waals surface area contributed by atoms with Gasteiger partial charge in [-0.1, -0.05) is 18.2 Å². The van der Waals surface area contributed by atoms with E-state index in [1.165, 1.54) is 6.07 Å². The maximum atomic E-state index is 13.8. The van der Waals surface area contributed by atoms with Crippen molar-refractivity contribution in [3.8, 4) is 0 Å². The minimum absolute atomic E-state index is 0.0807. The Labute approximate surface area is 108 Å². The van der Waals surface area contributed by atoms with Gasteiger partial charge in [0, 0.05) is 25.7 Å². The Hall–Kier alpha value is -1.42. The van der Waals surface area contributed by atoms with Crippen molar-refractivity contribution in [3.63, 3.8) is 0 Å². The van der Waals surface area contributed by atoms with Gasteiger partial charge in [0.2, 0.25) is 5.91 Å². The zero-order chi connectivity index (χ0) is 13.8. The Kier molecular flexibility index (Phi) is 4.84. The molecule has 18 heavy (non-hydrogen) atoms. The molecular formula is C14H21FN2O. The molecule has 1 aromatic rings. The predicted molar refractivity (Wildman–Crippen MR) is 71.0 cm³/mol. The Morgan fingerprint density at radius 1 is 1.39 bits per heavy atom. The van der Waals surface area contributed by atoms with Gasteiger partial charge in [-0.25, -0.2) is 4.39 Å². The molecule has 1 amide bonds. The largest absolute Gasteiger partial charge is 0.344 e. The first kappa shape index (κ1) is 14.6. The number of carbonyl (C=O) groups is 1. The van der Waals surface area contributed by atoms with Crippen molar-refractivity contribution < 1.29 is 9.18 Å². The van der Waals surface area contributed by atoms with Gasteiger partial charge in [-0.2, -0.15) is 0 Å². The monoisotopic (exact) mass is 252 g/mol. The molecule has 1 aromatic carbocycles. The van der Waals surface area contributed by atoms with Crippen LogP contribution in [0.1, 0.15) is 19.4 Å². The van der Waals surface area contributed by atoms with Crippen LogP contribution in [0.25, 0.3) is 0 Å². The predicted octanol–water partition coefficient (Wildman–Crippen LogP) is 1.78. The Balaban J connectivity index is 2.92. The molecule has 0 fully saturated rings. The zero-order valence-corrected chi connectivity index (χ0v) is 11.5. The number of rotatable bonds is 5. The van der Waals surface area contributed by atoms with Crippen LogP contribution in [-0.4, -0.2) is 38.0 Å². The van der Waals surface area contributed by atoms with Crippen LogP contribution in [0.3, 0.4) is 0 Å². The number of hydrogen-bond donors (Lipinski definition) is 1. The summed E-state index contributed by atoms with van der Waals surface area (Å²) in [5, 5.41) is 2.99. The molecule has 3 nitrogen and oxygen atoms in total. The minimum atomic E-state index is -0.853. The van der Waals surface area contributed by atoms with Crippen LogP contribution in [0.2, 0.25) is 0 Å². The summed E-state index contributed by atoms with van der Waals surface area (Å²) in [7, 11) is 3.57. The number of nitrogens with one attached hydrogen (secondary N) is 1. The second kappa shape index (κ2) is 5.96. The standard InChI is InChI=1S/C14H21FN2O/c1-14(2,11-7-5-6-8-12(11)15)13(18)17(4)10-9-16-3/h5-8,16H,9-10H2,1-4H3. The summed E-state index contributed by atoms with van der Waals surface area (Å²) in [6.45, 7) is 4.83. The summed E-state index contributed by atoms with van der Waals surface area (Å²) < 4.78 is 13.8. The molecule has 0 unspecified atom stereocenters. The number of nitrogens with zero attached hydrogens (tertiary/aromatic N) is 1. The summed E-state index contributed by atoms with van der Waals surface area (Å²) in [5.74, 6) is -0.416. The van der Waals surface area contributed by atoms with Gasteiger partial charge in [0.25, 0.3) is 0 Å². The SMILES string of the molecule is CNCCN(C)C(=O)C(C)(C)c1ccccc1F. The maximum Gasteiger partial charge on any atom is 0.232 e. The van der Waals surface area contributed by atoms with E-state index < -0.39 is 5.41 Å². The van der Waals surface area contributed by atoms with E-state index in [0.29, 0.717) is 12.1 Å². The zero-order valence-electron chi connectivity index (χ0n) is 11.5. The van der Waals surface area contributed by atoms with Gasteiger partial charge in [-0.05, 0) is 27.0 Å². The van der Waals surface area contributed by atoms with Gasteiger partial charge in [-0.15, -0.1) is 0 Å². The molecule has 0 aromatic heterocycles. The Morgan fingerprint density at radius 3 is 2.56 bits per heavy atom. The lowest BCUT2D eigenvalue weighted by Crippen LogP contribution is -2.44. The van der Waals surface area contributed by atoms with Gasteiger partial charge >= 0.3 is 0 Å². The molecule has 0 aliphatic heterocycles. The molecule has 0 heterocycles. The fraction of sp³-hybridized carbons (Fsp3) is 0.500. The van der Waals surface area contributed by atoms with Gasteiger partial charge in [0.15, 0.2) is 0 Å². The first-order valence-electron chi connectivity index (χ1n) is 6.06. The third-order valence-corrected chi connectivity index (χ3v) is 3.13. The number of likely N-dealkylation sites (N-methyl/N-ethyl adjacent to an activating group) is 2. The van der Waals surface area contributed by atoms with Crippen LogP contribution in [0.4, 0.5) is 4.39 Å². The molecule has 1 N–H and O–H groups in total. The number of carbonyl (C=O) groups excluding carboxylic acids is 1. The summed E-state index contributed by atoms with van der Waals surface area (Å²) >= 11 is 0. The lowest BCUT2D eigenvalue weighted by molar-refractivity contribution is -0.134. The van der Waals surface area contributed by atoms with E-state index in [1.54, 1.807) is 44.0 Å². The molecule has 0 spiro atoms. The molecule has 0 aliphatic carbocycles. The highest BCUT2D eigenvalue weighted by molar-refractivity contribution is 5.87. The fourth-order valence-corrected chi connectivity index (χ4v) is 1.94. The lowest BCUT2D eigenvalue weighted by atomic mass is 9.83. The van der Waals surface area contributed by atoms with E-state index in [-0.39, 0.29) is 11.7 Å². The molecular weight excluding hydrogens is 231 g/mol. The molecule has 0 aliphatic rings. The van der Waals surface area contributed by atoms with Crippen molar-refractivity contribution in [3.05, 3.63) is 35.6 Å². The van der Waals surface area contributed by atoms with Crippen molar-refractivity contribution in [2.24, 2.45) is 0 Å². The van der Waals surface area contributed by atoms with E-state index in [4.69, 9.17) is 0 Å². The minimum Gasteiger partial charge on any atom is -0.344 e. The quantitative estimate of drug-likeness (QED) is 0.866. The van der Waals surface area contributed by atoms with E-state index in [1.807, 2.05) is 7.05 Å². The smallest absolute Gasteiger partial charge is 0.232 e. The van der Waals surface area contributed by atoms with Crippen LogP contribution < -0.4 is 5.32 Å². The normalized spacial score (nSPS) is 11.4. The van der Waals surface area contributed by atoms with Crippen molar-refractivity contribution in [2.75, 3.05) is 27.2 Å². The summed E-state index contributed by atoms with van der Waals surface area (Å²) in [6.07, 6.45) is 0. The van der Waals surface area contributed by atoms with E-state index >= 15 is 0 Å². The molecule has 0 bridgehead atoms. The Bertz CT molecular complexity index is 418.